The van der Waals surface area contributed by atoms with Crippen molar-refractivity contribution in [3.8, 4) is 0 Å². The molecule has 1 aliphatic carbocycles. The Morgan fingerprint density at radius 2 is 1.89 bits per heavy atom. The van der Waals surface area contributed by atoms with Crippen LogP contribution >= 0.6 is 0 Å². The molecule has 0 radical (unpaired) electrons. The van der Waals surface area contributed by atoms with E-state index in [0.717, 1.165) is 6.26 Å². The summed E-state index contributed by atoms with van der Waals surface area (Å²) in [4.78, 5) is 26.3. The van der Waals surface area contributed by atoms with Crippen molar-refractivity contribution in [3.63, 3.8) is 0 Å². The van der Waals surface area contributed by atoms with Gasteiger partial charge in [-0.25, -0.2) is 4.79 Å². The van der Waals surface area contributed by atoms with Crippen LogP contribution in [0.25, 0.3) is 0 Å². The lowest BCUT2D eigenvalue weighted by atomic mass is 9.83. The molecule has 4 aliphatic rings. The molecule has 12 atom stereocenters. The summed E-state index contributed by atoms with van der Waals surface area (Å²) in [5.74, 6) is -2.17. The molecule has 3 aliphatic heterocycles. The predicted molar refractivity (Wildman–Crippen MR) is 128 cm³/mol. The van der Waals surface area contributed by atoms with Crippen molar-refractivity contribution in [2.75, 3.05) is 19.8 Å². The summed E-state index contributed by atoms with van der Waals surface area (Å²) < 4.78 is 28.4. The Hall–Kier alpha value is -2.06. The molecule has 0 unspecified atom stereocenters. The number of carbonyl (C=O) groups excluding carboxylic acids is 2. The summed E-state index contributed by atoms with van der Waals surface area (Å²) >= 11 is 0. The van der Waals surface area contributed by atoms with E-state index in [9.17, 15) is 35.1 Å². The van der Waals surface area contributed by atoms with Crippen LogP contribution in [0.5, 0.6) is 0 Å². The number of cyclic esters (lactones) is 1. The summed E-state index contributed by atoms with van der Waals surface area (Å²) in [7, 11) is 0. The largest absolute Gasteiger partial charge is 0.468 e. The maximum absolute atomic E-state index is 13.3. The molecule has 4 rings (SSSR count). The van der Waals surface area contributed by atoms with E-state index < -0.39 is 67.6 Å². The van der Waals surface area contributed by atoms with Gasteiger partial charge < -0.3 is 49.2 Å². The first-order valence-electron chi connectivity index (χ1n) is 13.1. The molecular weight excluding hydrogens is 504 g/mol. The summed E-state index contributed by atoms with van der Waals surface area (Å²) in [6.07, 6.45) is -6.07. The third-order valence-electron chi connectivity index (χ3n) is 8.44. The molecular formula is C26H38O12. The van der Waals surface area contributed by atoms with Gasteiger partial charge in [0.05, 0.1) is 31.5 Å². The minimum Gasteiger partial charge on any atom is -0.468 e. The summed E-state index contributed by atoms with van der Waals surface area (Å²) in [6.45, 7) is 5.02. The molecule has 0 spiro atoms. The van der Waals surface area contributed by atoms with Gasteiger partial charge in [0.2, 0.25) is 6.29 Å². The number of hydrogen-bond donors (Lipinski definition) is 5. The second-order valence-electron chi connectivity index (χ2n) is 10.6. The molecule has 12 nitrogen and oxygen atoms in total. The van der Waals surface area contributed by atoms with Gasteiger partial charge in [-0.1, -0.05) is 19.9 Å². The number of aliphatic hydroxyl groups excluding tert-OH is 5. The summed E-state index contributed by atoms with van der Waals surface area (Å²) in [6, 6.07) is 0. The van der Waals surface area contributed by atoms with Crippen molar-refractivity contribution in [2.24, 2.45) is 29.6 Å². The molecule has 3 heterocycles. The predicted octanol–water partition coefficient (Wildman–Crippen LogP) is -0.635. The van der Waals surface area contributed by atoms with Crippen molar-refractivity contribution >= 4 is 11.9 Å². The number of esters is 2. The van der Waals surface area contributed by atoms with E-state index in [-0.39, 0.29) is 48.9 Å². The van der Waals surface area contributed by atoms with Crippen LogP contribution in [0.15, 0.2) is 23.5 Å². The lowest BCUT2D eigenvalue weighted by molar-refractivity contribution is -0.327. The zero-order valence-electron chi connectivity index (χ0n) is 21.7. The second kappa shape index (κ2) is 12.0. The van der Waals surface area contributed by atoms with E-state index in [1.54, 1.807) is 13.0 Å². The molecule has 0 aromatic rings. The van der Waals surface area contributed by atoms with E-state index in [1.807, 2.05) is 13.8 Å². The maximum atomic E-state index is 13.3. The quantitative estimate of drug-likeness (QED) is 0.219. The Bertz CT molecular complexity index is 931. The third-order valence-corrected chi connectivity index (χ3v) is 8.44. The molecule has 214 valence electrons. The highest BCUT2D eigenvalue weighted by molar-refractivity contribution is 5.91. The molecule has 3 fully saturated rings. The molecule has 1 saturated carbocycles. The van der Waals surface area contributed by atoms with E-state index in [1.165, 1.54) is 0 Å². The number of rotatable bonds is 5. The van der Waals surface area contributed by atoms with Gasteiger partial charge in [-0.2, -0.15) is 0 Å². The van der Waals surface area contributed by atoms with Crippen molar-refractivity contribution in [1.29, 1.82) is 0 Å². The minimum atomic E-state index is -1.66. The van der Waals surface area contributed by atoms with Gasteiger partial charge in [0, 0.05) is 24.0 Å². The van der Waals surface area contributed by atoms with Gasteiger partial charge in [0.25, 0.3) is 0 Å². The Morgan fingerprint density at radius 3 is 2.55 bits per heavy atom. The molecule has 0 amide bonds. The zero-order valence-corrected chi connectivity index (χ0v) is 21.7. The number of hydrogen-bond acceptors (Lipinski definition) is 12. The smallest absolute Gasteiger partial charge is 0.338 e. The molecule has 0 aromatic carbocycles. The van der Waals surface area contributed by atoms with E-state index in [0.29, 0.717) is 12.0 Å². The monoisotopic (exact) mass is 542 g/mol. The number of aliphatic hydroxyl groups is 5. The zero-order chi connectivity index (χ0) is 27.7. The first-order chi connectivity index (χ1) is 18.1. The van der Waals surface area contributed by atoms with Gasteiger partial charge in [-0.3, -0.25) is 4.79 Å². The fraction of sp³-hybridized carbons (Fsp3) is 0.769. The van der Waals surface area contributed by atoms with Crippen LogP contribution in [0.3, 0.4) is 0 Å². The van der Waals surface area contributed by atoms with E-state index >= 15 is 0 Å². The van der Waals surface area contributed by atoms with Gasteiger partial charge in [-0.05, 0) is 31.1 Å². The maximum Gasteiger partial charge on any atom is 0.338 e. The molecule has 12 heteroatoms. The average molecular weight is 543 g/mol. The van der Waals surface area contributed by atoms with Crippen LogP contribution in [0.4, 0.5) is 0 Å². The highest BCUT2D eigenvalue weighted by atomic mass is 16.8. The van der Waals surface area contributed by atoms with Crippen molar-refractivity contribution in [1.82, 2.24) is 0 Å². The number of fused-ring (bicyclic) bond motifs is 3. The number of allylic oxidation sites excluding steroid dienone is 1. The molecule has 2 bridgehead atoms. The lowest BCUT2D eigenvalue weighted by Gasteiger charge is -2.42. The summed E-state index contributed by atoms with van der Waals surface area (Å²) in [5, 5.41) is 49.7. The number of ether oxygens (including phenoxy) is 5. The Morgan fingerprint density at radius 1 is 1.16 bits per heavy atom. The van der Waals surface area contributed by atoms with E-state index in [2.05, 4.69) is 0 Å². The highest BCUT2D eigenvalue weighted by Crippen LogP contribution is 2.45. The second-order valence-corrected chi connectivity index (χ2v) is 10.6. The SMILES string of the molecule is C/C=C1/[C@H](O[C@@H]2O[C@H](CO)[C@@H](O)[C@H](O)[C@H]2O)OC=C2C(=O)O[C@@H]3C[C@@H]([C@H](C)CO)[C@H](COC(=O)C[C@H]21)[C@H]3C. The Balaban J connectivity index is 1.57. The van der Waals surface area contributed by atoms with Gasteiger partial charge in [0.15, 0.2) is 6.29 Å². The van der Waals surface area contributed by atoms with Crippen molar-refractivity contribution in [3.05, 3.63) is 23.5 Å². The van der Waals surface area contributed by atoms with Gasteiger partial charge in [0.1, 0.15) is 30.5 Å². The standard InChI is InChI=1S/C26H38O12/c1-4-13-15-6-20(29)34-9-16-12(3)18(5-14(16)11(2)7-27)36-24(33)17(15)10-35-25(13)38-26-23(32)22(31)21(30)19(8-28)37-26/h4,10-12,14-16,18-19,21-23,25-28,30-32H,5-9H2,1-3H3/b13-4+/t11-,12-,14+,15+,16-,18-,19-,21-,22+,23-,25+,26+/m1/s1. The highest BCUT2D eigenvalue weighted by Gasteiger charge is 2.49. The third kappa shape index (κ3) is 5.48. The minimum absolute atomic E-state index is 0.0230. The molecule has 2 saturated heterocycles. The van der Waals surface area contributed by atoms with Crippen molar-refractivity contribution < 1.29 is 58.8 Å². The van der Waals surface area contributed by atoms with Crippen LogP contribution in [-0.2, 0) is 33.3 Å². The fourth-order valence-electron chi connectivity index (χ4n) is 5.97. The molecule has 0 aromatic heterocycles. The topological polar surface area (TPSA) is 181 Å². The first-order valence-corrected chi connectivity index (χ1v) is 13.1. The van der Waals surface area contributed by atoms with Gasteiger partial charge in [-0.15, -0.1) is 0 Å². The van der Waals surface area contributed by atoms with Crippen LogP contribution in [0.2, 0.25) is 0 Å². The van der Waals surface area contributed by atoms with Gasteiger partial charge >= 0.3 is 11.9 Å². The number of carbonyl (C=O) groups is 2. The van der Waals surface area contributed by atoms with Crippen molar-refractivity contribution in [2.45, 2.75) is 76.7 Å². The summed E-state index contributed by atoms with van der Waals surface area (Å²) in [5.41, 5.74) is 0.477. The van der Waals surface area contributed by atoms with Crippen LogP contribution in [-0.4, -0.2) is 100 Å². The average Bonchev–Trinajstić information content (AvgIpc) is 3.20. The van der Waals surface area contributed by atoms with Crippen LogP contribution in [0, 0.1) is 29.6 Å². The lowest BCUT2D eigenvalue weighted by Crippen LogP contribution is -2.60. The molecule has 5 N–H and O–H groups in total. The van der Waals surface area contributed by atoms with E-state index in [4.69, 9.17) is 23.7 Å². The Labute approximate surface area is 220 Å². The molecule has 38 heavy (non-hydrogen) atoms. The first kappa shape index (κ1) is 28.9. The van der Waals surface area contributed by atoms with Crippen LogP contribution in [0.1, 0.15) is 33.6 Å². The normalized spacial score (nSPS) is 43.7. The van der Waals surface area contributed by atoms with Crippen LogP contribution < -0.4 is 0 Å². The fourth-order valence-corrected chi connectivity index (χ4v) is 5.97. The Kier molecular flexibility index (Phi) is 9.13.